The highest BCUT2D eigenvalue weighted by atomic mass is 15.1. The van der Waals surface area contributed by atoms with Gasteiger partial charge in [0.15, 0.2) is 0 Å². The molecule has 0 spiro atoms. The zero-order valence-corrected chi connectivity index (χ0v) is 16.0. The Labute approximate surface area is 158 Å². The van der Waals surface area contributed by atoms with Crippen molar-refractivity contribution in [3.8, 4) is 12.3 Å². The van der Waals surface area contributed by atoms with E-state index in [9.17, 15) is 0 Å². The molecule has 0 saturated carbocycles. The van der Waals surface area contributed by atoms with Gasteiger partial charge in [-0.15, -0.1) is 6.42 Å². The normalized spacial score (nSPS) is 11.8. The lowest BCUT2D eigenvalue weighted by atomic mass is 9.96. The molecule has 0 fully saturated rings. The third kappa shape index (κ3) is 4.77. The van der Waals surface area contributed by atoms with E-state index in [4.69, 9.17) is 6.42 Å². The maximum absolute atomic E-state index is 5.48. The molecule has 1 nitrogen and oxygen atoms in total. The summed E-state index contributed by atoms with van der Waals surface area (Å²) < 4.78 is 0. The average molecular weight is 341 g/mol. The number of rotatable bonds is 7. The Bertz CT molecular complexity index is 847. The number of anilines is 2. The first-order valence-corrected chi connectivity index (χ1v) is 9.00. The number of allylic oxidation sites excluding steroid dienone is 5. The topological polar surface area (TPSA) is 3.24 Å². The summed E-state index contributed by atoms with van der Waals surface area (Å²) in [5.74, 6) is 2.66. The predicted molar refractivity (Wildman–Crippen MR) is 115 cm³/mol. The minimum absolute atomic E-state index is 0.823. The molecule has 0 aliphatic heterocycles. The molecule has 0 aliphatic rings. The van der Waals surface area contributed by atoms with E-state index < -0.39 is 0 Å². The van der Waals surface area contributed by atoms with E-state index in [1.54, 1.807) is 0 Å². The molecule has 2 aromatic carbocycles. The zero-order chi connectivity index (χ0) is 18.9. The first-order valence-electron chi connectivity index (χ1n) is 9.00. The van der Waals surface area contributed by atoms with Crippen molar-refractivity contribution in [2.45, 2.75) is 27.2 Å². The number of nitrogens with zero attached hydrogens (tertiary/aromatic N) is 1. The van der Waals surface area contributed by atoms with Crippen LogP contribution in [-0.4, -0.2) is 6.54 Å². The molecule has 0 aromatic heterocycles. The Morgan fingerprint density at radius 1 is 1.12 bits per heavy atom. The number of hydrogen-bond donors (Lipinski definition) is 0. The van der Waals surface area contributed by atoms with Gasteiger partial charge in [0.05, 0.1) is 0 Å². The molecular formula is C25H27N. The van der Waals surface area contributed by atoms with Gasteiger partial charge >= 0.3 is 0 Å². The molecule has 0 aliphatic carbocycles. The SMILES string of the molecule is C#C/C(C)=C\C(=C)/C(=C\C)Cc1ccccc1N(CC)c1ccccc1. The first-order chi connectivity index (χ1) is 12.6. The van der Waals surface area contributed by atoms with Crippen molar-refractivity contribution in [2.24, 2.45) is 0 Å². The molecule has 2 rings (SSSR count). The van der Waals surface area contributed by atoms with Gasteiger partial charge in [0.2, 0.25) is 0 Å². The minimum Gasteiger partial charge on any atom is -0.342 e. The Morgan fingerprint density at radius 3 is 2.38 bits per heavy atom. The van der Waals surface area contributed by atoms with Gasteiger partial charge in [-0.3, -0.25) is 0 Å². The van der Waals surface area contributed by atoms with Crippen molar-refractivity contribution < 1.29 is 0 Å². The van der Waals surface area contributed by atoms with Crippen molar-refractivity contribution in [1.29, 1.82) is 0 Å². The lowest BCUT2D eigenvalue weighted by molar-refractivity contribution is 1.00. The van der Waals surface area contributed by atoms with Crippen molar-refractivity contribution in [1.82, 2.24) is 0 Å². The standard InChI is InChI=1S/C25H27N/c1-6-20(4)18-21(5)22(7-2)19-23-14-12-13-17-25(23)26(8-3)24-15-10-9-11-16-24/h1,7,9-18H,5,8,19H2,2-4H3/b20-18-,22-7-. The second-order valence-corrected chi connectivity index (χ2v) is 6.20. The number of para-hydroxylation sites is 2. The summed E-state index contributed by atoms with van der Waals surface area (Å²) in [5, 5.41) is 0. The average Bonchev–Trinajstić information content (AvgIpc) is 2.68. The third-order valence-corrected chi connectivity index (χ3v) is 4.43. The zero-order valence-electron chi connectivity index (χ0n) is 16.0. The van der Waals surface area contributed by atoms with Crippen LogP contribution in [0.25, 0.3) is 0 Å². The largest absolute Gasteiger partial charge is 0.342 e. The van der Waals surface area contributed by atoms with E-state index in [0.717, 1.165) is 24.1 Å². The van der Waals surface area contributed by atoms with Gasteiger partial charge in [0, 0.05) is 17.9 Å². The van der Waals surface area contributed by atoms with Gasteiger partial charge in [-0.25, -0.2) is 0 Å². The fourth-order valence-corrected chi connectivity index (χ4v) is 3.03. The highest BCUT2D eigenvalue weighted by Gasteiger charge is 2.13. The molecule has 0 unspecified atom stereocenters. The number of terminal acetylenes is 1. The minimum atomic E-state index is 0.823. The van der Waals surface area contributed by atoms with Crippen molar-refractivity contribution >= 4 is 11.4 Å². The van der Waals surface area contributed by atoms with Gasteiger partial charge in [-0.2, -0.15) is 0 Å². The van der Waals surface area contributed by atoms with Crippen LogP contribution in [-0.2, 0) is 6.42 Å². The van der Waals surface area contributed by atoms with Crippen LogP contribution in [0, 0.1) is 12.3 Å². The van der Waals surface area contributed by atoms with Crippen LogP contribution in [0.4, 0.5) is 11.4 Å². The lowest BCUT2D eigenvalue weighted by Gasteiger charge is -2.26. The molecule has 2 aromatic rings. The van der Waals surface area contributed by atoms with Gasteiger partial charge in [-0.05, 0) is 73.7 Å². The van der Waals surface area contributed by atoms with E-state index in [0.29, 0.717) is 0 Å². The molecule has 0 N–H and O–H groups in total. The van der Waals surface area contributed by atoms with E-state index in [1.807, 2.05) is 19.1 Å². The fourth-order valence-electron chi connectivity index (χ4n) is 3.03. The van der Waals surface area contributed by atoms with Crippen LogP contribution in [0.5, 0.6) is 0 Å². The van der Waals surface area contributed by atoms with Crippen LogP contribution in [0.15, 0.2) is 90.0 Å². The van der Waals surface area contributed by atoms with E-state index in [1.165, 1.54) is 22.5 Å². The van der Waals surface area contributed by atoms with Crippen molar-refractivity contribution in [3.63, 3.8) is 0 Å². The first kappa shape index (κ1) is 19.3. The van der Waals surface area contributed by atoms with Gasteiger partial charge < -0.3 is 4.90 Å². The van der Waals surface area contributed by atoms with Crippen LogP contribution in [0.2, 0.25) is 0 Å². The van der Waals surface area contributed by atoms with Crippen LogP contribution < -0.4 is 4.90 Å². The summed E-state index contributed by atoms with van der Waals surface area (Å²) in [7, 11) is 0. The molecule has 0 bridgehead atoms. The maximum Gasteiger partial charge on any atom is 0.0446 e. The highest BCUT2D eigenvalue weighted by molar-refractivity contribution is 5.67. The van der Waals surface area contributed by atoms with E-state index in [2.05, 4.69) is 85.9 Å². The van der Waals surface area contributed by atoms with Gasteiger partial charge in [0.25, 0.3) is 0 Å². The van der Waals surface area contributed by atoms with Crippen LogP contribution in [0.1, 0.15) is 26.3 Å². The Morgan fingerprint density at radius 2 is 1.77 bits per heavy atom. The summed E-state index contributed by atoms with van der Waals surface area (Å²) in [4.78, 5) is 2.34. The molecule has 0 saturated heterocycles. The smallest absolute Gasteiger partial charge is 0.0446 e. The Balaban J connectivity index is 2.37. The quantitative estimate of drug-likeness (QED) is 0.412. The Kier molecular flexibility index (Phi) is 7.06. The predicted octanol–water partition coefficient (Wildman–Crippen LogP) is 6.47. The van der Waals surface area contributed by atoms with Gasteiger partial charge in [0.1, 0.15) is 0 Å². The third-order valence-electron chi connectivity index (χ3n) is 4.43. The number of hydrogen-bond acceptors (Lipinski definition) is 1. The van der Waals surface area contributed by atoms with Crippen molar-refractivity contribution in [2.75, 3.05) is 11.4 Å². The fraction of sp³-hybridized carbons (Fsp3) is 0.200. The summed E-state index contributed by atoms with van der Waals surface area (Å²) in [6.07, 6.45) is 10.4. The highest BCUT2D eigenvalue weighted by Crippen LogP contribution is 2.31. The van der Waals surface area contributed by atoms with Gasteiger partial charge in [-0.1, -0.05) is 55.0 Å². The number of benzene rings is 2. The molecule has 0 heterocycles. The van der Waals surface area contributed by atoms with Crippen LogP contribution in [0.3, 0.4) is 0 Å². The molecular weight excluding hydrogens is 314 g/mol. The summed E-state index contributed by atoms with van der Waals surface area (Å²) in [6.45, 7) is 11.3. The second kappa shape index (κ2) is 9.49. The monoisotopic (exact) mass is 341 g/mol. The van der Waals surface area contributed by atoms with Crippen LogP contribution >= 0.6 is 0 Å². The molecule has 1 heteroatoms. The molecule has 132 valence electrons. The second-order valence-electron chi connectivity index (χ2n) is 6.20. The summed E-state index contributed by atoms with van der Waals surface area (Å²) in [6, 6.07) is 19.1. The lowest BCUT2D eigenvalue weighted by Crippen LogP contribution is -2.17. The summed E-state index contributed by atoms with van der Waals surface area (Å²) >= 11 is 0. The molecule has 0 radical (unpaired) electrons. The van der Waals surface area contributed by atoms with E-state index >= 15 is 0 Å². The maximum atomic E-state index is 5.48. The van der Waals surface area contributed by atoms with E-state index in [-0.39, 0.29) is 0 Å². The molecule has 0 amide bonds. The summed E-state index contributed by atoms with van der Waals surface area (Å²) in [5.41, 5.74) is 6.76. The van der Waals surface area contributed by atoms with Crippen molar-refractivity contribution in [3.05, 3.63) is 95.6 Å². The Hall–Kier alpha value is -2.98. The molecule has 26 heavy (non-hydrogen) atoms. The molecule has 0 atom stereocenters.